The summed E-state index contributed by atoms with van der Waals surface area (Å²) in [4.78, 5) is 35.6. The minimum atomic E-state index is -1.12. The minimum absolute atomic E-state index is 0.0467. The van der Waals surface area contributed by atoms with Crippen LogP contribution in [-0.2, 0) is 10.3 Å². The van der Waals surface area contributed by atoms with Crippen LogP contribution in [0.15, 0.2) is 24.3 Å². The Morgan fingerprint density at radius 1 is 1.29 bits per heavy atom. The van der Waals surface area contributed by atoms with E-state index >= 15 is 0 Å². The largest absolute Gasteiger partial charge is 0.348 e. The van der Waals surface area contributed by atoms with Crippen molar-refractivity contribution in [3.8, 4) is 0 Å². The minimum Gasteiger partial charge on any atom is -0.348 e. The number of hydrogen-bond donors (Lipinski definition) is 4. The van der Waals surface area contributed by atoms with Gasteiger partial charge in [-0.25, -0.2) is 4.79 Å². The predicted molar refractivity (Wildman–Crippen MR) is 90.3 cm³/mol. The van der Waals surface area contributed by atoms with Crippen molar-refractivity contribution in [2.24, 2.45) is 5.73 Å². The highest BCUT2D eigenvalue weighted by Gasteiger charge is 2.43. The maximum atomic E-state index is 12.3. The fourth-order valence-electron chi connectivity index (χ4n) is 2.67. The third-order valence-electron chi connectivity index (χ3n) is 4.30. The molecule has 0 spiro atoms. The lowest BCUT2D eigenvalue weighted by molar-refractivity contribution is -0.123. The molecule has 2 rings (SSSR count). The molecule has 0 saturated carbocycles. The van der Waals surface area contributed by atoms with Gasteiger partial charge in [-0.05, 0) is 31.0 Å². The smallest absolute Gasteiger partial charge is 0.322 e. The van der Waals surface area contributed by atoms with Gasteiger partial charge in [0.1, 0.15) is 5.54 Å². The van der Waals surface area contributed by atoms with Crippen LogP contribution in [0.1, 0.15) is 49.0 Å². The molecule has 0 bridgehead atoms. The van der Waals surface area contributed by atoms with Crippen LogP contribution in [0.25, 0.3) is 0 Å². The summed E-state index contributed by atoms with van der Waals surface area (Å²) in [6, 6.07) is 6.05. The zero-order valence-corrected chi connectivity index (χ0v) is 14.0. The molecule has 2 unspecified atom stereocenters. The first-order valence-corrected chi connectivity index (χ1v) is 8.15. The van der Waals surface area contributed by atoms with Gasteiger partial charge in [0.2, 0.25) is 0 Å². The molecule has 0 radical (unpaired) electrons. The number of amides is 4. The average molecular weight is 332 g/mol. The second-order valence-corrected chi connectivity index (χ2v) is 6.16. The lowest BCUT2D eigenvalue weighted by Gasteiger charge is -2.21. The van der Waals surface area contributed by atoms with E-state index in [2.05, 4.69) is 22.9 Å². The Balaban J connectivity index is 2.07. The molecule has 1 fully saturated rings. The monoisotopic (exact) mass is 332 g/mol. The van der Waals surface area contributed by atoms with Crippen LogP contribution in [0, 0.1) is 0 Å². The van der Waals surface area contributed by atoms with Gasteiger partial charge in [0.15, 0.2) is 0 Å². The van der Waals surface area contributed by atoms with Crippen molar-refractivity contribution in [1.82, 2.24) is 16.0 Å². The Bertz CT molecular complexity index is 629. The summed E-state index contributed by atoms with van der Waals surface area (Å²) in [6.45, 7) is 4.11. The molecule has 4 amide bonds. The number of unbranched alkanes of at least 4 members (excludes halogenated alkanes) is 1. The lowest BCUT2D eigenvalue weighted by Crippen LogP contribution is -2.41. The molecule has 7 nitrogen and oxygen atoms in total. The first-order chi connectivity index (χ1) is 11.4. The van der Waals surface area contributed by atoms with Crippen LogP contribution in [0.2, 0.25) is 0 Å². The van der Waals surface area contributed by atoms with Crippen LogP contribution < -0.4 is 21.7 Å². The van der Waals surface area contributed by atoms with Gasteiger partial charge in [0.25, 0.3) is 11.8 Å². The molecule has 5 N–H and O–H groups in total. The van der Waals surface area contributed by atoms with E-state index in [0.29, 0.717) is 17.7 Å². The van der Waals surface area contributed by atoms with Gasteiger partial charge in [0.05, 0.1) is 0 Å². The predicted octanol–water partition coefficient (Wildman–Crippen LogP) is 0.989. The molecule has 1 aromatic rings. The number of carbonyl (C=O) groups is 3. The van der Waals surface area contributed by atoms with E-state index in [9.17, 15) is 14.4 Å². The first kappa shape index (κ1) is 17.9. The third-order valence-corrected chi connectivity index (χ3v) is 4.30. The van der Waals surface area contributed by atoms with Crippen molar-refractivity contribution < 1.29 is 14.4 Å². The Labute approximate surface area is 141 Å². The average Bonchev–Trinajstić information content (AvgIpc) is 2.84. The zero-order chi connectivity index (χ0) is 17.7. The SMILES string of the molecule is CCCCC(CN)NC(=O)c1ccc(C2(C)NC(=O)NC2=O)cc1. The molecule has 24 heavy (non-hydrogen) atoms. The molecule has 0 aromatic heterocycles. The van der Waals surface area contributed by atoms with Gasteiger partial charge in [-0.15, -0.1) is 0 Å². The summed E-state index contributed by atoms with van der Waals surface area (Å²) in [5.74, 6) is -0.606. The summed E-state index contributed by atoms with van der Waals surface area (Å²) in [6.07, 6.45) is 2.91. The van der Waals surface area contributed by atoms with E-state index in [1.807, 2.05) is 0 Å². The van der Waals surface area contributed by atoms with Crippen LogP contribution >= 0.6 is 0 Å². The van der Waals surface area contributed by atoms with Crippen molar-refractivity contribution in [3.63, 3.8) is 0 Å². The normalized spacial score (nSPS) is 21.1. The number of nitrogens with one attached hydrogen (secondary N) is 3. The van der Waals surface area contributed by atoms with E-state index in [1.54, 1.807) is 31.2 Å². The summed E-state index contributed by atoms with van der Waals surface area (Å²) < 4.78 is 0. The van der Waals surface area contributed by atoms with E-state index < -0.39 is 17.5 Å². The second kappa shape index (κ2) is 7.44. The fourth-order valence-corrected chi connectivity index (χ4v) is 2.67. The number of urea groups is 1. The highest BCUT2D eigenvalue weighted by atomic mass is 16.2. The third kappa shape index (κ3) is 3.73. The molecule has 0 aliphatic carbocycles. The van der Waals surface area contributed by atoms with E-state index in [0.717, 1.165) is 19.3 Å². The number of nitrogens with two attached hydrogens (primary N) is 1. The number of carbonyl (C=O) groups excluding carboxylic acids is 3. The molecule has 1 heterocycles. The number of imide groups is 1. The fraction of sp³-hybridized carbons (Fsp3) is 0.471. The molecule has 7 heteroatoms. The maximum absolute atomic E-state index is 12.3. The van der Waals surface area contributed by atoms with Gasteiger partial charge < -0.3 is 16.4 Å². The molecule has 1 aliphatic heterocycles. The van der Waals surface area contributed by atoms with Gasteiger partial charge in [-0.1, -0.05) is 31.9 Å². The lowest BCUT2D eigenvalue weighted by atomic mass is 9.91. The van der Waals surface area contributed by atoms with Gasteiger partial charge in [0, 0.05) is 18.2 Å². The highest BCUT2D eigenvalue weighted by Crippen LogP contribution is 2.24. The van der Waals surface area contributed by atoms with Crippen molar-refractivity contribution in [2.75, 3.05) is 6.54 Å². The van der Waals surface area contributed by atoms with Crippen LogP contribution in [0.3, 0.4) is 0 Å². The Kier molecular flexibility index (Phi) is 5.56. The number of hydrogen-bond acceptors (Lipinski definition) is 4. The second-order valence-electron chi connectivity index (χ2n) is 6.16. The van der Waals surface area contributed by atoms with Crippen LogP contribution in [0.4, 0.5) is 4.79 Å². The van der Waals surface area contributed by atoms with Gasteiger partial charge >= 0.3 is 6.03 Å². The van der Waals surface area contributed by atoms with Crippen molar-refractivity contribution in [3.05, 3.63) is 35.4 Å². The Hall–Kier alpha value is -2.41. The first-order valence-electron chi connectivity index (χ1n) is 8.15. The topological polar surface area (TPSA) is 113 Å². The van der Waals surface area contributed by atoms with Crippen molar-refractivity contribution >= 4 is 17.8 Å². The Morgan fingerprint density at radius 2 is 1.96 bits per heavy atom. The van der Waals surface area contributed by atoms with E-state index in [-0.39, 0.29) is 11.9 Å². The summed E-state index contributed by atoms with van der Waals surface area (Å²) in [5.41, 5.74) is 5.68. The van der Waals surface area contributed by atoms with E-state index in [1.165, 1.54) is 0 Å². The molecule has 1 saturated heterocycles. The molecular formula is C17H24N4O3. The standard InChI is InChI=1S/C17H24N4O3/c1-3-4-5-13(10-18)19-14(22)11-6-8-12(9-7-11)17(2)15(23)20-16(24)21-17/h6-9,13H,3-5,10,18H2,1-2H3,(H,19,22)(H2,20,21,23,24). The maximum Gasteiger partial charge on any atom is 0.322 e. The summed E-state index contributed by atoms with van der Waals surface area (Å²) in [5, 5.41) is 7.73. The molecule has 2 atom stereocenters. The van der Waals surface area contributed by atoms with E-state index in [4.69, 9.17) is 5.73 Å². The summed E-state index contributed by atoms with van der Waals surface area (Å²) >= 11 is 0. The highest BCUT2D eigenvalue weighted by molar-refractivity contribution is 6.07. The summed E-state index contributed by atoms with van der Waals surface area (Å²) in [7, 11) is 0. The van der Waals surface area contributed by atoms with Gasteiger partial charge in [-0.2, -0.15) is 0 Å². The van der Waals surface area contributed by atoms with Crippen LogP contribution in [0.5, 0.6) is 0 Å². The van der Waals surface area contributed by atoms with Crippen LogP contribution in [-0.4, -0.2) is 30.4 Å². The molecule has 1 aliphatic rings. The van der Waals surface area contributed by atoms with Gasteiger partial charge in [-0.3, -0.25) is 14.9 Å². The molecule has 1 aromatic carbocycles. The number of benzene rings is 1. The number of rotatable bonds is 7. The molecular weight excluding hydrogens is 308 g/mol. The zero-order valence-electron chi connectivity index (χ0n) is 14.0. The Morgan fingerprint density at radius 3 is 2.46 bits per heavy atom. The van der Waals surface area contributed by atoms with Crippen molar-refractivity contribution in [2.45, 2.75) is 44.7 Å². The van der Waals surface area contributed by atoms with Crippen molar-refractivity contribution in [1.29, 1.82) is 0 Å². The quantitative estimate of drug-likeness (QED) is 0.558. The molecule has 130 valence electrons.